The van der Waals surface area contributed by atoms with Crippen LogP contribution in [-0.4, -0.2) is 0 Å². The SMILES string of the molecule is C1=C\CCCCCC/C=C/CCCCC/1. The van der Waals surface area contributed by atoms with Gasteiger partial charge in [-0.2, -0.15) is 0 Å². The van der Waals surface area contributed by atoms with Gasteiger partial charge in [-0.25, -0.2) is 0 Å². The molecule has 0 heteroatoms. The minimum atomic E-state index is 1.30. The Morgan fingerprint density at radius 2 is 0.600 bits per heavy atom. The molecule has 0 amide bonds. The molecule has 0 N–H and O–H groups in total. The standard InChI is InChI=1S/C15H26/c1-2-4-6-8-10-12-14-15-13-11-9-7-5-3-1/h1-2,13,15H,3-12,14H2/b2-1-,15-13+. The van der Waals surface area contributed by atoms with E-state index in [9.17, 15) is 0 Å². The molecule has 0 aromatic carbocycles. The van der Waals surface area contributed by atoms with Crippen LogP contribution in [0.25, 0.3) is 0 Å². The van der Waals surface area contributed by atoms with E-state index in [1.54, 1.807) is 0 Å². The van der Waals surface area contributed by atoms with Gasteiger partial charge in [-0.1, -0.05) is 43.6 Å². The van der Waals surface area contributed by atoms with Crippen molar-refractivity contribution in [2.45, 2.75) is 70.6 Å². The van der Waals surface area contributed by atoms with Gasteiger partial charge in [-0.3, -0.25) is 0 Å². The highest BCUT2D eigenvalue weighted by Crippen LogP contribution is 2.10. The summed E-state index contributed by atoms with van der Waals surface area (Å²) in [7, 11) is 0. The molecule has 15 heavy (non-hydrogen) atoms. The zero-order valence-corrected chi connectivity index (χ0v) is 10.1. The summed E-state index contributed by atoms with van der Waals surface area (Å²) in [5.74, 6) is 0. The smallest absolute Gasteiger partial charge is 0.0351 e. The molecule has 0 atom stereocenters. The van der Waals surface area contributed by atoms with Crippen LogP contribution >= 0.6 is 0 Å². The quantitative estimate of drug-likeness (QED) is 0.465. The van der Waals surface area contributed by atoms with Crippen molar-refractivity contribution in [2.75, 3.05) is 0 Å². The topological polar surface area (TPSA) is 0 Å². The van der Waals surface area contributed by atoms with E-state index >= 15 is 0 Å². The van der Waals surface area contributed by atoms with Crippen molar-refractivity contribution < 1.29 is 0 Å². The lowest BCUT2D eigenvalue weighted by molar-refractivity contribution is 0.651. The Morgan fingerprint density at radius 3 is 0.933 bits per heavy atom. The Kier molecular flexibility index (Phi) is 8.38. The first-order valence-electron chi connectivity index (χ1n) is 6.80. The summed E-state index contributed by atoms with van der Waals surface area (Å²) in [6.07, 6.45) is 24.5. The summed E-state index contributed by atoms with van der Waals surface area (Å²) in [5, 5.41) is 0. The average Bonchev–Trinajstić information content (AvgIpc) is 2.27. The van der Waals surface area contributed by atoms with Crippen LogP contribution in [-0.2, 0) is 0 Å². The van der Waals surface area contributed by atoms with Gasteiger partial charge >= 0.3 is 0 Å². The highest BCUT2D eigenvalue weighted by atomic mass is 14.0. The van der Waals surface area contributed by atoms with E-state index < -0.39 is 0 Å². The van der Waals surface area contributed by atoms with Gasteiger partial charge in [0.15, 0.2) is 0 Å². The third kappa shape index (κ3) is 8.47. The molecule has 0 aliphatic heterocycles. The molecule has 86 valence electrons. The van der Waals surface area contributed by atoms with Gasteiger partial charge < -0.3 is 0 Å². The van der Waals surface area contributed by atoms with E-state index in [1.807, 2.05) is 0 Å². The predicted molar refractivity (Wildman–Crippen MR) is 69.1 cm³/mol. The largest absolute Gasteiger partial charge is 0.0885 e. The Morgan fingerprint density at radius 1 is 0.333 bits per heavy atom. The van der Waals surface area contributed by atoms with E-state index in [0.29, 0.717) is 0 Å². The number of hydrogen-bond donors (Lipinski definition) is 0. The molecule has 1 rings (SSSR count). The molecule has 0 heterocycles. The maximum absolute atomic E-state index is 2.39. The van der Waals surface area contributed by atoms with Crippen LogP contribution in [0.15, 0.2) is 24.3 Å². The molecule has 0 aromatic heterocycles. The van der Waals surface area contributed by atoms with Gasteiger partial charge in [0.2, 0.25) is 0 Å². The van der Waals surface area contributed by atoms with Crippen LogP contribution in [0.1, 0.15) is 70.6 Å². The molecule has 0 radical (unpaired) electrons. The molecule has 0 fully saturated rings. The monoisotopic (exact) mass is 206 g/mol. The first-order chi connectivity index (χ1) is 7.50. The molecule has 0 saturated carbocycles. The zero-order chi connectivity index (χ0) is 10.6. The van der Waals surface area contributed by atoms with E-state index in [-0.39, 0.29) is 0 Å². The predicted octanol–water partition coefficient (Wildman–Crippen LogP) is 5.40. The normalized spacial score (nSPS) is 26.1. The van der Waals surface area contributed by atoms with Crippen molar-refractivity contribution in [2.24, 2.45) is 0 Å². The number of rotatable bonds is 0. The Hall–Kier alpha value is -0.520. The van der Waals surface area contributed by atoms with E-state index in [2.05, 4.69) is 24.3 Å². The Balaban J connectivity index is 2.15. The molecule has 0 aromatic rings. The third-order valence-corrected chi connectivity index (χ3v) is 3.07. The van der Waals surface area contributed by atoms with Crippen molar-refractivity contribution in [3.63, 3.8) is 0 Å². The molecule has 0 unspecified atom stereocenters. The molecule has 0 saturated heterocycles. The van der Waals surface area contributed by atoms with Gasteiger partial charge in [0.25, 0.3) is 0 Å². The lowest BCUT2D eigenvalue weighted by Gasteiger charge is -1.96. The summed E-state index contributed by atoms with van der Waals surface area (Å²) in [6, 6.07) is 0. The van der Waals surface area contributed by atoms with Crippen LogP contribution in [0.4, 0.5) is 0 Å². The zero-order valence-electron chi connectivity index (χ0n) is 10.1. The van der Waals surface area contributed by atoms with Gasteiger partial charge in [-0.05, 0) is 51.4 Å². The van der Waals surface area contributed by atoms with Crippen LogP contribution in [0.3, 0.4) is 0 Å². The lowest BCUT2D eigenvalue weighted by Crippen LogP contribution is -1.76. The molecule has 0 spiro atoms. The highest BCUT2D eigenvalue weighted by molar-refractivity contribution is 4.83. The van der Waals surface area contributed by atoms with Crippen molar-refractivity contribution in [3.05, 3.63) is 24.3 Å². The molecular weight excluding hydrogens is 180 g/mol. The van der Waals surface area contributed by atoms with E-state index in [0.717, 1.165) is 0 Å². The average molecular weight is 206 g/mol. The first kappa shape index (κ1) is 12.5. The number of hydrogen-bond acceptors (Lipinski definition) is 0. The molecular formula is C15H26. The van der Waals surface area contributed by atoms with Crippen molar-refractivity contribution in [1.82, 2.24) is 0 Å². The summed E-state index contributed by atoms with van der Waals surface area (Å²) >= 11 is 0. The maximum Gasteiger partial charge on any atom is -0.0351 e. The first-order valence-corrected chi connectivity index (χ1v) is 6.80. The van der Waals surface area contributed by atoms with Gasteiger partial charge in [0, 0.05) is 0 Å². The summed E-state index contributed by atoms with van der Waals surface area (Å²) in [4.78, 5) is 0. The number of allylic oxidation sites excluding steroid dienone is 4. The Labute approximate surface area is 95.5 Å². The highest BCUT2D eigenvalue weighted by Gasteiger charge is 1.90. The van der Waals surface area contributed by atoms with Crippen LogP contribution in [0.2, 0.25) is 0 Å². The van der Waals surface area contributed by atoms with E-state index in [1.165, 1.54) is 70.6 Å². The fourth-order valence-corrected chi connectivity index (χ4v) is 2.05. The second kappa shape index (κ2) is 10.0. The van der Waals surface area contributed by atoms with Gasteiger partial charge in [0.1, 0.15) is 0 Å². The van der Waals surface area contributed by atoms with Crippen LogP contribution < -0.4 is 0 Å². The molecule has 0 nitrogen and oxygen atoms in total. The molecule has 0 bridgehead atoms. The second-order valence-corrected chi connectivity index (χ2v) is 4.57. The summed E-state index contributed by atoms with van der Waals surface area (Å²) < 4.78 is 0. The summed E-state index contributed by atoms with van der Waals surface area (Å²) in [6.45, 7) is 0. The lowest BCUT2D eigenvalue weighted by atomic mass is 10.1. The van der Waals surface area contributed by atoms with Gasteiger partial charge in [-0.15, -0.1) is 0 Å². The van der Waals surface area contributed by atoms with Crippen molar-refractivity contribution in [3.8, 4) is 0 Å². The molecule has 1 aliphatic carbocycles. The fraction of sp³-hybridized carbons (Fsp3) is 0.733. The van der Waals surface area contributed by atoms with E-state index in [4.69, 9.17) is 0 Å². The minimum absolute atomic E-state index is 1.30. The Bertz CT molecular complexity index is 156. The minimum Gasteiger partial charge on any atom is -0.0885 e. The molecule has 1 aliphatic rings. The van der Waals surface area contributed by atoms with Crippen LogP contribution in [0.5, 0.6) is 0 Å². The third-order valence-electron chi connectivity index (χ3n) is 3.07. The summed E-state index contributed by atoms with van der Waals surface area (Å²) in [5.41, 5.74) is 0. The maximum atomic E-state index is 2.39. The second-order valence-electron chi connectivity index (χ2n) is 4.57. The van der Waals surface area contributed by atoms with Crippen molar-refractivity contribution in [1.29, 1.82) is 0 Å². The van der Waals surface area contributed by atoms with Crippen molar-refractivity contribution >= 4 is 0 Å². The van der Waals surface area contributed by atoms with Gasteiger partial charge in [0.05, 0.1) is 0 Å². The fourth-order valence-electron chi connectivity index (χ4n) is 2.05. The van der Waals surface area contributed by atoms with Crippen LogP contribution in [0, 0.1) is 0 Å².